The molecule has 1 N–H and O–H groups in total. The third-order valence-corrected chi connectivity index (χ3v) is 6.75. The molecule has 1 saturated heterocycles. The summed E-state index contributed by atoms with van der Waals surface area (Å²) in [6, 6.07) is 7.26. The second-order valence-electron chi connectivity index (χ2n) is 8.55. The zero-order valence-electron chi connectivity index (χ0n) is 17.1. The summed E-state index contributed by atoms with van der Waals surface area (Å²) in [4.78, 5) is 20.8. The molecule has 2 aliphatic rings. The number of aromatic nitrogens is 1. The Labute approximate surface area is 173 Å². The molecular formula is C22H24F3N3O2. The van der Waals surface area contributed by atoms with Gasteiger partial charge >= 0.3 is 6.18 Å². The zero-order valence-corrected chi connectivity index (χ0v) is 17.1. The van der Waals surface area contributed by atoms with Crippen molar-refractivity contribution >= 4 is 5.91 Å². The average molecular weight is 419 g/mol. The predicted molar refractivity (Wildman–Crippen MR) is 105 cm³/mol. The van der Waals surface area contributed by atoms with Crippen LogP contribution in [0.2, 0.25) is 0 Å². The van der Waals surface area contributed by atoms with Crippen molar-refractivity contribution in [3.8, 4) is 5.75 Å². The SMILES string of the molecule is CN1CCC2(C)c3cc(O)ccc3C[C@@H]1[C@H]2N(C)C(=O)c1ccc(C(F)(F)F)cn1. The molecule has 1 amide bonds. The molecule has 1 aliphatic heterocycles. The van der Waals surface area contributed by atoms with Crippen LogP contribution >= 0.6 is 0 Å². The van der Waals surface area contributed by atoms with Gasteiger partial charge in [0.05, 0.1) is 11.6 Å². The summed E-state index contributed by atoms with van der Waals surface area (Å²) in [5.41, 5.74) is 0.886. The lowest BCUT2D eigenvalue weighted by atomic mass is 9.61. The Hall–Kier alpha value is -2.61. The number of alkyl halides is 3. The second kappa shape index (κ2) is 6.97. The van der Waals surface area contributed by atoms with Crippen LogP contribution in [0.25, 0.3) is 0 Å². The van der Waals surface area contributed by atoms with E-state index in [1.165, 1.54) is 0 Å². The van der Waals surface area contributed by atoms with Crippen LogP contribution in [-0.2, 0) is 18.0 Å². The van der Waals surface area contributed by atoms with Gasteiger partial charge in [-0.1, -0.05) is 13.0 Å². The fourth-order valence-electron chi connectivity index (χ4n) is 5.13. The van der Waals surface area contributed by atoms with E-state index in [2.05, 4.69) is 16.8 Å². The standard InChI is InChI=1S/C22H24F3N3O2/c1-21-8-9-27(2)18(10-13-4-6-15(29)11-16(13)21)19(21)28(3)20(30)17-7-5-14(12-26-17)22(23,24)25/h4-7,11-12,18-19,29H,8-10H2,1-3H3/t18-,19-,21?/m1/s1. The number of carbonyl (C=O) groups excluding carboxylic acids is 1. The number of aromatic hydroxyl groups is 1. The highest BCUT2D eigenvalue weighted by atomic mass is 19.4. The number of fused-ring (bicyclic) bond motifs is 4. The van der Waals surface area contributed by atoms with E-state index < -0.39 is 17.6 Å². The summed E-state index contributed by atoms with van der Waals surface area (Å²) in [6.45, 7) is 2.95. The van der Waals surface area contributed by atoms with Gasteiger partial charge in [0.1, 0.15) is 11.4 Å². The van der Waals surface area contributed by atoms with E-state index in [4.69, 9.17) is 0 Å². The number of piperidine rings is 1. The van der Waals surface area contributed by atoms with Crippen molar-refractivity contribution in [3.05, 3.63) is 58.9 Å². The van der Waals surface area contributed by atoms with Crippen LogP contribution in [-0.4, -0.2) is 58.5 Å². The lowest BCUT2D eigenvalue weighted by Crippen LogP contribution is -2.67. The minimum absolute atomic E-state index is 0.0171. The van der Waals surface area contributed by atoms with Crippen molar-refractivity contribution < 1.29 is 23.1 Å². The molecule has 4 rings (SSSR count). The first-order valence-corrected chi connectivity index (χ1v) is 9.85. The molecule has 1 aromatic heterocycles. The number of phenolic OH excluding ortho intramolecular Hbond substituents is 1. The number of rotatable bonds is 2. The molecule has 3 atom stereocenters. The molecule has 0 saturated carbocycles. The maximum absolute atomic E-state index is 13.2. The van der Waals surface area contributed by atoms with Crippen molar-refractivity contribution in [2.75, 3.05) is 20.6 Å². The third kappa shape index (κ3) is 3.23. The normalized spacial score (nSPS) is 26.2. The molecule has 0 radical (unpaired) electrons. The topological polar surface area (TPSA) is 56.7 Å². The number of likely N-dealkylation sites (N-methyl/N-ethyl adjacent to an activating group) is 2. The van der Waals surface area contributed by atoms with Crippen molar-refractivity contribution in [1.82, 2.24) is 14.8 Å². The molecule has 160 valence electrons. The van der Waals surface area contributed by atoms with Crippen LogP contribution in [0.5, 0.6) is 5.75 Å². The number of likely N-dealkylation sites (tertiary alicyclic amines) is 1. The summed E-state index contributed by atoms with van der Waals surface area (Å²) >= 11 is 0. The van der Waals surface area contributed by atoms with Gasteiger partial charge in [0.2, 0.25) is 0 Å². The second-order valence-corrected chi connectivity index (χ2v) is 8.55. The molecule has 2 heterocycles. The number of hydrogen-bond acceptors (Lipinski definition) is 4. The Morgan fingerprint density at radius 3 is 2.67 bits per heavy atom. The van der Waals surface area contributed by atoms with Crippen LogP contribution in [0.3, 0.4) is 0 Å². The highest BCUT2D eigenvalue weighted by Crippen LogP contribution is 2.47. The van der Waals surface area contributed by atoms with Gasteiger partial charge in [0.25, 0.3) is 5.91 Å². The average Bonchev–Trinajstić information content (AvgIpc) is 2.70. The fraction of sp³-hybridized carbons (Fsp3) is 0.455. The van der Waals surface area contributed by atoms with Crippen LogP contribution in [0.4, 0.5) is 13.2 Å². The first-order valence-electron chi connectivity index (χ1n) is 9.85. The molecule has 2 aromatic rings. The van der Waals surface area contributed by atoms with Crippen molar-refractivity contribution in [2.24, 2.45) is 0 Å². The molecule has 1 aliphatic carbocycles. The Balaban J connectivity index is 1.70. The van der Waals surface area contributed by atoms with Crippen LogP contribution in [0, 0.1) is 0 Å². The maximum Gasteiger partial charge on any atom is 0.417 e. The Kier molecular flexibility index (Phi) is 4.80. The number of phenols is 1. The van der Waals surface area contributed by atoms with Gasteiger partial charge in [0.15, 0.2) is 0 Å². The highest BCUT2D eigenvalue weighted by molar-refractivity contribution is 5.92. The molecule has 1 unspecified atom stereocenters. The molecule has 1 fully saturated rings. The van der Waals surface area contributed by atoms with Crippen molar-refractivity contribution in [1.29, 1.82) is 0 Å². The summed E-state index contributed by atoms with van der Waals surface area (Å²) < 4.78 is 38.5. The fourth-order valence-corrected chi connectivity index (χ4v) is 5.13. The number of nitrogens with zero attached hydrogens (tertiary/aromatic N) is 3. The highest BCUT2D eigenvalue weighted by Gasteiger charge is 2.52. The minimum atomic E-state index is -4.50. The van der Waals surface area contributed by atoms with Gasteiger partial charge in [-0.15, -0.1) is 0 Å². The monoisotopic (exact) mass is 419 g/mol. The Bertz CT molecular complexity index is 977. The number of halogens is 3. The van der Waals surface area contributed by atoms with Crippen molar-refractivity contribution in [2.45, 2.75) is 43.4 Å². The Morgan fingerprint density at radius 1 is 1.30 bits per heavy atom. The summed E-state index contributed by atoms with van der Waals surface area (Å²) in [5, 5.41) is 10.1. The number of hydrogen-bond donors (Lipinski definition) is 1. The number of pyridine rings is 1. The maximum atomic E-state index is 13.2. The van der Waals surface area contributed by atoms with Gasteiger partial charge in [-0.2, -0.15) is 13.2 Å². The summed E-state index contributed by atoms with van der Waals surface area (Å²) in [7, 11) is 3.71. The first-order chi connectivity index (χ1) is 14.0. The number of carbonyl (C=O) groups is 1. The Morgan fingerprint density at radius 2 is 2.03 bits per heavy atom. The molecule has 1 aromatic carbocycles. The van der Waals surface area contributed by atoms with Crippen molar-refractivity contribution in [3.63, 3.8) is 0 Å². The van der Waals surface area contributed by atoms with E-state index in [9.17, 15) is 23.1 Å². The van der Waals surface area contributed by atoms with Gasteiger partial charge in [-0.05, 0) is 61.8 Å². The van der Waals surface area contributed by atoms with Gasteiger partial charge in [-0.3, -0.25) is 9.78 Å². The van der Waals surface area contributed by atoms with E-state index in [1.54, 1.807) is 24.1 Å². The van der Waals surface area contributed by atoms with Crippen LogP contribution < -0.4 is 0 Å². The molecule has 30 heavy (non-hydrogen) atoms. The zero-order chi connectivity index (χ0) is 21.8. The molecule has 0 spiro atoms. The molecular weight excluding hydrogens is 395 g/mol. The largest absolute Gasteiger partial charge is 0.508 e. The number of benzene rings is 1. The third-order valence-electron chi connectivity index (χ3n) is 6.75. The smallest absolute Gasteiger partial charge is 0.417 e. The quantitative estimate of drug-likeness (QED) is 0.810. The van der Waals surface area contributed by atoms with E-state index in [-0.39, 0.29) is 28.9 Å². The lowest BCUT2D eigenvalue weighted by molar-refractivity contribution is -0.137. The molecule has 2 bridgehead atoms. The molecule has 5 nitrogen and oxygen atoms in total. The predicted octanol–water partition coefficient (Wildman–Crippen LogP) is 3.46. The minimum Gasteiger partial charge on any atom is -0.508 e. The summed E-state index contributed by atoms with van der Waals surface area (Å²) in [6.07, 6.45) is -2.28. The lowest BCUT2D eigenvalue weighted by Gasteiger charge is -2.57. The summed E-state index contributed by atoms with van der Waals surface area (Å²) in [5.74, 6) is -0.228. The molecule has 8 heteroatoms. The van der Waals surface area contributed by atoms with Gasteiger partial charge in [-0.25, -0.2) is 0 Å². The van der Waals surface area contributed by atoms with E-state index in [0.717, 1.165) is 42.6 Å². The van der Waals surface area contributed by atoms with E-state index in [1.807, 2.05) is 13.1 Å². The van der Waals surface area contributed by atoms with E-state index in [0.29, 0.717) is 6.20 Å². The van der Waals surface area contributed by atoms with E-state index >= 15 is 0 Å². The number of amides is 1. The van der Waals surface area contributed by atoms with Crippen LogP contribution in [0.15, 0.2) is 36.5 Å². The van der Waals surface area contributed by atoms with Gasteiger partial charge in [0, 0.05) is 24.7 Å². The first kappa shape index (κ1) is 20.7. The van der Waals surface area contributed by atoms with Gasteiger partial charge < -0.3 is 14.9 Å². The van der Waals surface area contributed by atoms with Crippen LogP contribution in [0.1, 0.15) is 40.5 Å².